The van der Waals surface area contributed by atoms with Crippen LogP contribution in [0.2, 0.25) is 0 Å². The van der Waals surface area contributed by atoms with Crippen LogP contribution in [-0.2, 0) is 0 Å². The first-order chi connectivity index (χ1) is 1.73. The summed E-state index contributed by atoms with van der Waals surface area (Å²) >= 11 is 0. The molecule has 0 aromatic heterocycles. The number of hydrogen-bond acceptors (Lipinski definition) is 3. The van der Waals surface area contributed by atoms with Gasteiger partial charge in [-0.1, -0.05) is 0 Å². The van der Waals surface area contributed by atoms with Crippen molar-refractivity contribution in [3.63, 3.8) is 0 Å². The summed E-state index contributed by atoms with van der Waals surface area (Å²) in [5.41, 5.74) is 0. The van der Waals surface area contributed by atoms with Gasteiger partial charge in [0.1, 0.15) is 0 Å². The predicted octanol–water partition coefficient (Wildman–Crippen LogP) is -2.71. The first-order valence-corrected chi connectivity index (χ1v) is 0.548. The summed E-state index contributed by atoms with van der Waals surface area (Å²) in [5, 5.41) is 14.8. The molecule has 0 aliphatic heterocycles. The fourth-order valence-corrected chi connectivity index (χ4v) is 0. The van der Waals surface area contributed by atoms with Crippen molar-refractivity contribution in [3.05, 3.63) is 15.3 Å². The molecule has 62 valence electrons. The fourth-order valence-electron chi connectivity index (χ4n) is 0. The molecular weight excluding hydrogens is 283 g/mol. The molecule has 0 amide bonds. The zero-order valence-electron chi connectivity index (χ0n) is 3.44. The molecule has 0 saturated carbocycles. The Morgan fingerprint density at radius 1 is 1.00 bits per heavy atom. The van der Waals surface area contributed by atoms with E-state index in [4.69, 9.17) is 15.3 Å². The van der Waals surface area contributed by atoms with E-state index < -0.39 is 5.09 Å². The molecule has 8 heavy (non-hydrogen) atoms. The van der Waals surface area contributed by atoms with Gasteiger partial charge in [-0.25, -0.2) is 0 Å². The van der Waals surface area contributed by atoms with Crippen molar-refractivity contribution in [1.29, 1.82) is 0 Å². The average molecular weight is 289 g/mol. The van der Waals surface area contributed by atoms with E-state index in [2.05, 4.69) is 0 Å². The minimum absolute atomic E-state index is 0. The Labute approximate surface area is 83.0 Å². The molecule has 0 rings (SSSR count). The van der Waals surface area contributed by atoms with Gasteiger partial charge < -0.3 is 31.8 Å². The van der Waals surface area contributed by atoms with Crippen LogP contribution in [0.4, 0.5) is 0 Å². The third kappa shape index (κ3) is 576. The van der Waals surface area contributed by atoms with Crippen LogP contribution in [-0.4, -0.2) is 21.5 Å². The molecule has 0 spiro atoms. The topological polar surface area (TPSA) is 161 Å². The molecule has 0 aromatic rings. The van der Waals surface area contributed by atoms with Crippen LogP contribution in [0.15, 0.2) is 0 Å². The molecule has 0 heterocycles. The predicted molar refractivity (Wildman–Crippen MR) is 21.2 cm³/mol. The number of hydrogen-bond donors (Lipinski definition) is 0. The van der Waals surface area contributed by atoms with Crippen LogP contribution >= 0.6 is 0 Å². The molecule has 0 saturated heterocycles. The molecule has 0 aliphatic rings. The van der Waals surface area contributed by atoms with Crippen LogP contribution in [0.5, 0.6) is 0 Å². The molecule has 6 N–H and O–H groups in total. The normalized spacial score (nSPS) is 3.00. The molecule has 0 fully saturated rings. The number of rotatable bonds is 0. The first-order valence-electron chi connectivity index (χ1n) is 0.548. The van der Waals surface area contributed by atoms with Gasteiger partial charge in [-0.15, -0.1) is 0 Å². The Balaban J connectivity index is -0.00000000750. The molecule has 0 aliphatic carbocycles. The van der Waals surface area contributed by atoms with Gasteiger partial charge in [0.15, 0.2) is 0 Å². The Hall–Kier alpha value is 0.599. The Morgan fingerprint density at radius 2 is 1.00 bits per heavy atom. The van der Waals surface area contributed by atoms with E-state index in [1.165, 1.54) is 0 Å². The standard InChI is InChI=1S/NO3.3H2O.Yb/c2-1(3)4;;;;/h;3*1H2;/q-1;;;;. The van der Waals surface area contributed by atoms with E-state index in [1.807, 2.05) is 0 Å². The van der Waals surface area contributed by atoms with E-state index in [-0.39, 0.29) is 63.4 Å². The second kappa shape index (κ2) is 25.5. The molecule has 8 heteroatoms. The summed E-state index contributed by atoms with van der Waals surface area (Å²) in [6.07, 6.45) is 0. The van der Waals surface area contributed by atoms with Crippen LogP contribution in [0.25, 0.3) is 0 Å². The quantitative estimate of drug-likeness (QED) is 0.350. The van der Waals surface area contributed by atoms with Crippen molar-refractivity contribution in [2.45, 2.75) is 0 Å². The van der Waals surface area contributed by atoms with Gasteiger partial charge >= 0.3 is 0 Å². The monoisotopic (exact) mass is 290 g/mol. The Morgan fingerprint density at radius 3 is 1.00 bits per heavy atom. The third-order valence-corrected chi connectivity index (χ3v) is 0. The number of nitrogens with zero attached hydrogens (tertiary/aromatic N) is 1. The zero-order chi connectivity index (χ0) is 3.58. The summed E-state index contributed by atoms with van der Waals surface area (Å²) < 4.78 is 0. The first kappa shape index (κ1) is 38.3. The molecule has 0 unspecified atom stereocenters. The van der Waals surface area contributed by atoms with Crippen molar-refractivity contribution in [2.24, 2.45) is 0 Å². The maximum absolute atomic E-state index is 8.25. The summed E-state index contributed by atoms with van der Waals surface area (Å²) in [7, 11) is 0. The van der Waals surface area contributed by atoms with Crippen molar-refractivity contribution in [1.82, 2.24) is 0 Å². The molecule has 0 bridgehead atoms. The van der Waals surface area contributed by atoms with Gasteiger partial charge in [0.25, 0.3) is 0 Å². The van der Waals surface area contributed by atoms with Gasteiger partial charge in [-0.05, 0) is 0 Å². The van der Waals surface area contributed by atoms with Gasteiger partial charge in [-0.2, -0.15) is 0 Å². The zero-order valence-corrected chi connectivity index (χ0v) is 5.15. The molecule has 0 aromatic carbocycles. The van der Waals surface area contributed by atoms with Crippen molar-refractivity contribution in [2.75, 3.05) is 0 Å². The summed E-state index contributed by atoms with van der Waals surface area (Å²) in [6.45, 7) is 0. The van der Waals surface area contributed by atoms with Gasteiger partial charge in [-0.3, -0.25) is 0 Å². The minimum atomic E-state index is -1.75. The van der Waals surface area contributed by atoms with Crippen molar-refractivity contribution >= 4 is 0 Å². The average Bonchev–Trinajstić information content (AvgIpc) is 0.811. The van der Waals surface area contributed by atoms with E-state index >= 15 is 0 Å². The second-order valence-corrected chi connectivity index (χ2v) is 0.224. The van der Waals surface area contributed by atoms with Crippen LogP contribution < -0.4 is 0 Å². The summed E-state index contributed by atoms with van der Waals surface area (Å²) in [6, 6.07) is 0. The van der Waals surface area contributed by atoms with E-state index in [0.717, 1.165) is 0 Å². The largest absolute Gasteiger partial charge is 0.412 e. The van der Waals surface area contributed by atoms with Crippen LogP contribution in [0.3, 0.4) is 0 Å². The molecule has 0 atom stereocenters. The minimum Gasteiger partial charge on any atom is -0.412 e. The van der Waals surface area contributed by atoms with Gasteiger partial charge in [0.05, 0.1) is 5.09 Å². The molecule has 0 radical (unpaired) electrons. The molecule has 7 nitrogen and oxygen atoms in total. The van der Waals surface area contributed by atoms with Crippen LogP contribution in [0.1, 0.15) is 0 Å². The van der Waals surface area contributed by atoms with E-state index in [9.17, 15) is 0 Å². The smallest absolute Gasteiger partial charge is 0.0689 e. The Bertz CT molecular complexity index is 31.5. The van der Waals surface area contributed by atoms with E-state index in [1.54, 1.807) is 0 Å². The SMILES string of the molecule is O.O.O.O=[N+]([O-])[O-].[Yb]. The van der Waals surface area contributed by atoms with Gasteiger partial charge in [0, 0.05) is 46.9 Å². The Kier molecular flexibility index (Phi) is 122. The van der Waals surface area contributed by atoms with Crippen molar-refractivity contribution in [3.8, 4) is 0 Å². The fraction of sp³-hybridized carbons (Fsp3) is 0. The molecular formula is H6NO6Yb-. The summed E-state index contributed by atoms with van der Waals surface area (Å²) in [5.74, 6) is 0. The van der Waals surface area contributed by atoms with Crippen LogP contribution in [0, 0.1) is 62.2 Å². The maximum atomic E-state index is 8.25. The van der Waals surface area contributed by atoms with E-state index in [0.29, 0.717) is 0 Å². The third-order valence-electron chi connectivity index (χ3n) is 0. The maximum Gasteiger partial charge on any atom is 0.0689 e. The second-order valence-electron chi connectivity index (χ2n) is 0.224. The summed E-state index contributed by atoms with van der Waals surface area (Å²) in [4.78, 5) is 8.25. The van der Waals surface area contributed by atoms with Crippen molar-refractivity contribution < 1.29 is 68.4 Å². The van der Waals surface area contributed by atoms with Gasteiger partial charge in [0.2, 0.25) is 0 Å².